The molecule has 20 heteroatoms. The fourth-order valence-corrected chi connectivity index (χ4v) is 14.2. The van der Waals surface area contributed by atoms with E-state index in [0.717, 1.165) is 38.5 Å². The highest BCUT2D eigenvalue weighted by molar-refractivity contribution is 7.47. The van der Waals surface area contributed by atoms with Crippen LogP contribution in [-0.4, -0.2) is 63.0 Å². The zero-order valence-corrected chi connectivity index (χ0v) is 34.0. The molecule has 2 heterocycles. The second-order valence-electron chi connectivity index (χ2n) is 17.8. The van der Waals surface area contributed by atoms with E-state index < -0.39 is 49.6 Å². The highest BCUT2D eigenvalue weighted by Gasteiger charge is 2.80. The van der Waals surface area contributed by atoms with Gasteiger partial charge in [0.2, 0.25) is 5.69 Å². The van der Waals surface area contributed by atoms with Crippen LogP contribution in [0.3, 0.4) is 0 Å². The Kier molecular flexibility index (Phi) is 9.01. The third-order valence-corrected chi connectivity index (χ3v) is 15.9. The number of hydrogen-bond acceptors (Lipinski definition) is 13. The minimum absolute atomic E-state index is 0.0405. The van der Waals surface area contributed by atoms with Gasteiger partial charge in [-0.1, -0.05) is 18.2 Å². The summed E-state index contributed by atoms with van der Waals surface area (Å²) in [6.45, 7) is 7.59. The Morgan fingerprint density at radius 1 is 0.712 bits per heavy atom. The van der Waals surface area contributed by atoms with Crippen LogP contribution in [0.2, 0.25) is 0 Å². The Hall–Kier alpha value is -3.00. The SMILES string of the molecule is [C-]#[N+]c1ccc(C2(OC)OOC23C2CC4CC3CC(OCOC35CC6CC(C3)C3(OOC3(OC)c3ccc(C#N)c(OP(=O)(O)O)c3)C(C6)C5)(C4)C2)cc1OP(=O)(O)O. The molecule has 2 aromatic rings. The lowest BCUT2D eigenvalue weighted by Gasteiger charge is -2.71. The van der Waals surface area contributed by atoms with Gasteiger partial charge in [0.25, 0.3) is 11.6 Å². The van der Waals surface area contributed by atoms with Crippen molar-refractivity contribution in [1.82, 2.24) is 0 Å². The molecule has 2 aliphatic heterocycles. The number of phosphoric acid groups is 2. The monoisotopic (exact) mass is 858 g/mol. The Morgan fingerprint density at radius 2 is 1.15 bits per heavy atom. The maximum absolute atomic E-state index is 11.8. The van der Waals surface area contributed by atoms with E-state index in [-0.39, 0.29) is 53.2 Å². The van der Waals surface area contributed by atoms with Gasteiger partial charge in [0.15, 0.2) is 11.2 Å². The quantitative estimate of drug-likeness (QED) is 0.0841. The van der Waals surface area contributed by atoms with Crippen LogP contribution in [0.15, 0.2) is 36.4 Å². The summed E-state index contributed by atoms with van der Waals surface area (Å²) in [6, 6.07) is 10.8. The first-order valence-electron chi connectivity index (χ1n) is 19.7. The minimum Gasteiger partial charge on any atom is -0.416 e. The van der Waals surface area contributed by atoms with Crippen LogP contribution >= 0.6 is 15.6 Å². The van der Waals surface area contributed by atoms with Gasteiger partial charge in [-0.2, -0.15) is 15.0 Å². The molecule has 10 aliphatic rings. The van der Waals surface area contributed by atoms with Crippen molar-refractivity contribution in [1.29, 1.82) is 5.26 Å². The second kappa shape index (κ2) is 13.3. The van der Waals surface area contributed by atoms with Crippen molar-refractivity contribution in [2.45, 2.75) is 98.2 Å². The summed E-state index contributed by atoms with van der Waals surface area (Å²) in [7, 11) is -6.93. The van der Waals surface area contributed by atoms with Crippen LogP contribution in [0.4, 0.5) is 5.69 Å². The van der Waals surface area contributed by atoms with E-state index in [9.17, 15) is 34.0 Å². The standard InChI is InChI=1S/C39H44N2O16P2/c1-41-31-7-6-26(13-33(31)53-59(45,46)47)39(49-3)37(55-57-39)29-10-23-11-30(37)19-35(15-23,18-29)51-21-50-34-14-22-8-27(16-34)36(28(9-22)17-34)38(48-2,56-54-36)25-5-4-24(20-40)32(12-25)52-58(42,43)44/h4-7,12-13,22-23,27-30H,8-11,14-19,21H2,2-3H3,(H2,42,43,44)(H2,45,46,47). The van der Waals surface area contributed by atoms with Crippen LogP contribution in [-0.2, 0) is 59.2 Å². The molecular formula is C39H44N2O16P2. The topological polar surface area (TPSA) is 236 Å². The van der Waals surface area contributed by atoms with Gasteiger partial charge in [-0.3, -0.25) is 19.6 Å². The first-order chi connectivity index (χ1) is 28.0. The van der Waals surface area contributed by atoms with Crippen molar-refractivity contribution in [3.8, 4) is 17.6 Å². The fraction of sp³-hybridized carbons (Fsp3) is 0.641. The van der Waals surface area contributed by atoms with Gasteiger partial charge in [0, 0.05) is 49.0 Å². The highest BCUT2D eigenvalue weighted by atomic mass is 31.2. The van der Waals surface area contributed by atoms with Crippen molar-refractivity contribution in [2.24, 2.45) is 35.5 Å². The maximum atomic E-state index is 11.8. The van der Waals surface area contributed by atoms with Crippen molar-refractivity contribution in [3.05, 3.63) is 64.5 Å². The molecule has 6 unspecified atom stereocenters. The molecule has 18 nitrogen and oxygen atoms in total. The molecule has 12 rings (SSSR count). The number of hydrogen-bond donors (Lipinski definition) is 4. The third-order valence-electron chi connectivity index (χ3n) is 15.0. The summed E-state index contributed by atoms with van der Waals surface area (Å²) in [6.07, 6.45) is 7.82. The van der Waals surface area contributed by atoms with E-state index >= 15 is 0 Å². The van der Waals surface area contributed by atoms with E-state index in [1.807, 2.05) is 6.07 Å². The molecular weight excluding hydrogens is 814 g/mol. The average Bonchev–Trinajstić information content (AvgIpc) is 3.13. The molecule has 0 amide bonds. The van der Waals surface area contributed by atoms with Gasteiger partial charge in [-0.15, -0.1) is 0 Å². The Bertz CT molecular complexity index is 2070. The molecule has 8 aliphatic carbocycles. The smallest absolute Gasteiger partial charge is 0.416 e. The number of nitriles is 1. The fourth-order valence-electron chi connectivity index (χ4n) is 13.4. The first kappa shape index (κ1) is 40.1. The molecule has 2 spiro atoms. The molecule has 2 aromatic carbocycles. The van der Waals surface area contributed by atoms with E-state index in [1.165, 1.54) is 38.5 Å². The number of rotatable bonds is 12. The van der Waals surface area contributed by atoms with E-state index in [1.54, 1.807) is 12.1 Å². The first-order valence-corrected chi connectivity index (χ1v) is 22.7. The molecule has 8 bridgehead atoms. The lowest BCUT2D eigenvalue weighted by Crippen LogP contribution is -2.79. The highest BCUT2D eigenvalue weighted by Crippen LogP contribution is 2.73. The van der Waals surface area contributed by atoms with Crippen molar-refractivity contribution in [3.63, 3.8) is 0 Å². The zero-order chi connectivity index (χ0) is 41.4. The molecule has 6 atom stereocenters. The minimum atomic E-state index is -4.98. The van der Waals surface area contributed by atoms with Gasteiger partial charge < -0.3 is 28.0 Å². The van der Waals surface area contributed by atoms with E-state index in [0.29, 0.717) is 48.6 Å². The number of methoxy groups -OCH3 is 2. The Balaban J connectivity index is 0.864. The van der Waals surface area contributed by atoms with Gasteiger partial charge >= 0.3 is 15.6 Å². The molecule has 2 saturated heterocycles. The molecule has 59 heavy (non-hydrogen) atoms. The number of benzene rings is 2. The van der Waals surface area contributed by atoms with Crippen molar-refractivity contribution < 1.29 is 76.2 Å². The summed E-state index contributed by atoms with van der Waals surface area (Å²) in [5.74, 6) is -2.79. The molecule has 0 radical (unpaired) electrons. The average molecular weight is 859 g/mol. The summed E-state index contributed by atoms with van der Waals surface area (Å²) < 4.78 is 59.4. The second-order valence-corrected chi connectivity index (χ2v) is 20.1. The number of ether oxygens (including phenoxy) is 4. The zero-order valence-electron chi connectivity index (χ0n) is 32.2. The Morgan fingerprint density at radius 3 is 1.54 bits per heavy atom. The Labute approximate surface area is 339 Å². The van der Waals surface area contributed by atoms with Gasteiger partial charge in [-0.25, -0.2) is 23.8 Å². The third kappa shape index (κ3) is 5.67. The number of nitrogens with zero attached hydrogens (tertiary/aromatic N) is 2. The molecule has 316 valence electrons. The van der Waals surface area contributed by atoms with E-state index in [2.05, 4.69) is 4.85 Å². The van der Waals surface area contributed by atoms with Crippen molar-refractivity contribution >= 4 is 21.3 Å². The van der Waals surface area contributed by atoms with Crippen LogP contribution < -0.4 is 9.05 Å². The maximum Gasteiger partial charge on any atom is 0.524 e. The van der Waals surface area contributed by atoms with Crippen LogP contribution in [0.25, 0.3) is 4.85 Å². The van der Waals surface area contributed by atoms with Gasteiger partial charge in [0.1, 0.15) is 24.4 Å². The summed E-state index contributed by atoms with van der Waals surface area (Å²) in [4.78, 5) is 65.6. The summed E-state index contributed by atoms with van der Waals surface area (Å²) in [5, 5.41) is 9.61. The largest absolute Gasteiger partial charge is 0.524 e. The lowest BCUT2D eigenvalue weighted by molar-refractivity contribution is -0.648. The summed E-state index contributed by atoms with van der Waals surface area (Å²) in [5.41, 5.74) is -2.01. The van der Waals surface area contributed by atoms with Crippen LogP contribution in [0.5, 0.6) is 11.5 Å². The van der Waals surface area contributed by atoms with Gasteiger partial charge in [-0.05, 0) is 94.2 Å². The predicted molar refractivity (Wildman–Crippen MR) is 196 cm³/mol. The predicted octanol–water partition coefficient (Wildman–Crippen LogP) is 5.90. The van der Waals surface area contributed by atoms with Gasteiger partial charge in [0.05, 0.1) is 23.3 Å². The number of phosphoric ester groups is 2. The van der Waals surface area contributed by atoms with E-state index in [4.69, 9.17) is 54.1 Å². The molecule has 8 saturated carbocycles. The summed E-state index contributed by atoms with van der Waals surface area (Å²) >= 11 is 0. The van der Waals surface area contributed by atoms with Crippen LogP contribution in [0.1, 0.15) is 80.9 Å². The molecule has 0 aromatic heterocycles. The normalized spacial score (nSPS) is 42.3. The molecule has 4 N–H and O–H groups in total. The van der Waals surface area contributed by atoms with Crippen molar-refractivity contribution in [2.75, 3.05) is 21.0 Å². The molecule has 10 fully saturated rings. The van der Waals surface area contributed by atoms with Crippen LogP contribution in [0, 0.1) is 53.4 Å². The lowest BCUT2D eigenvalue weighted by atomic mass is 9.45.